The van der Waals surface area contributed by atoms with E-state index < -0.39 is 0 Å². The van der Waals surface area contributed by atoms with Crippen LogP contribution in [-0.2, 0) is 4.79 Å². The number of benzene rings is 1. The molecule has 1 aromatic heterocycles. The van der Waals surface area contributed by atoms with Gasteiger partial charge in [-0.05, 0) is 35.9 Å². The van der Waals surface area contributed by atoms with Crippen molar-refractivity contribution in [3.63, 3.8) is 0 Å². The van der Waals surface area contributed by atoms with Crippen LogP contribution in [0.25, 0.3) is 6.08 Å². The summed E-state index contributed by atoms with van der Waals surface area (Å²) in [7, 11) is 0. The van der Waals surface area contributed by atoms with Gasteiger partial charge >= 0.3 is 0 Å². The summed E-state index contributed by atoms with van der Waals surface area (Å²) in [5.41, 5.74) is 0.896. The number of aromatic nitrogens is 1. The van der Waals surface area contributed by atoms with Crippen LogP contribution >= 0.6 is 11.8 Å². The number of pyridine rings is 1. The maximum absolute atomic E-state index is 11.8. The number of rotatable bonds is 6. The molecule has 0 atom stereocenters. The molecule has 1 aromatic carbocycles. The molecule has 1 N–H and O–H groups in total. The fourth-order valence-electron chi connectivity index (χ4n) is 2.01. The Kier molecular flexibility index (Phi) is 5.16. The number of nitrogens with one attached hydrogen (secondary N) is 1. The van der Waals surface area contributed by atoms with Crippen molar-refractivity contribution in [2.45, 2.75) is 5.03 Å². The zero-order valence-electron chi connectivity index (χ0n) is 12.4. The highest BCUT2D eigenvalue weighted by molar-refractivity contribution is 7.99. The minimum absolute atomic E-state index is 0.121. The first-order valence-corrected chi connectivity index (χ1v) is 8.19. The Labute approximate surface area is 138 Å². The maximum atomic E-state index is 11.8. The van der Waals surface area contributed by atoms with Gasteiger partial charge in [-0.25, -0.2) is 4.98 Å². The Hall–Kier alpha value is -2.47. The minimum Gasteiger partial charge on any atom is -0.454 e. The van der Waals surface area contributed by atoms with Gasteiger partial charge in [0.15, 0.2) is 11.5 Å². The molecule has 118 valence electrons. The van der Waals surface area contributed by atoms with Crippen LogP contribution in [0.3, 0.4) is 0 Å². The largest absolute Gasteiger partial charge is 0.454 e. The number of hydrogen-bond donors (Lipinski definition) is 1. The molecule has 1 amide bonds. The van der Waals surface area contributed by atoms with Gasteiger partial charge in [-0.2, -0.15) is 0 Å². The van der Waals surface area contributed by atoms with Gasteiger partial charge in [-0.15, -0.1) is 11.8 Å². The lowest BCUT2D eigenvalue weighted by molar-refractivity contribution is -0.116. The van der Waals surface area contributed by atoms with Gasteiger partial charge in [0.2, 0.25) is 12.7 Å². The third kappa shape index (κ3) is 4.50. The fourth-order valence-corrected chi connectivity index (χ4v) is 2.73. The highest BCUT2D eigenvalue weighted by atomic mass is 32.2. The second-order valence-corrected chi connectivity index (χ2v) is 5.87. The standard InChI is InChI=1S/C17H16N2O3S/c20-16(18-9-10-23-17-3-1-2-8-19-17)7-5-13-4-6-14-15(11-13)22-12-21-14/h1-8,11H,9-10,12H2,(H,18,20)/b7-5+. The molecule has 0 saturated carbocycles. The van der Waals surface area contributed by atoms with Crippen LogP contribution in [0.1, 0.15) is 5.56 Å². The van der Waals surface area contributed by atoms with Crippen LogP contribution in [0.2, 0.25) is 0 Å². The number of carbonyl (C=O) groups is 1. The highest BCUT2D eigenvalue weighted by Crippen LogP contribution is 2.32. The summed E-state index contributed by atoms with van der Waals surface area (Å²) in [5, 5.41) is 3.80. The van der Waals surface area contributed by atoms with E-state index >= 15 is 0 Å². The first kappa shape index (κ1) is 15.4. The molecule has 0 bridgehead atoms. The third-order valence-electron chi connectivity index (χ3n) is 3.11. The molecular weight excluding hydrogens is 312 g/mol. The second kappa shape index (κ2) is 7.69. The van der Waals surface area contributed by atoms with Crippen molar-refractivity contribution >= 4 is 23.7 Å². The lowest BCUT2D eigenvalue weighted by Crippen LogP contribution is -2.23. The predicted molar refractivity (Wildman–Crippen MR) is 89.6 cm³/mol. The normalized spacial score (nSPS) is 12.5. The molecule has 1 aliphatic heterocycles. The molecule has 1 aliphatic rings. The Morgan fingerprint density at radius 3 is 3.04 bits per heavy atom. The van der Waals surface area contributed by atoms with Crippen LogP contribution in [0.5, 0.6) is 11.5 Å². The topological polar surface area (TPSA) is 60.5 Å². The summed E-state index contributed by atoms with van der Waals surface area (Å²) >= 11 is 1.61. The minimum atomic E-state index is -0.121. The van der Waals surface area contributed by atoms with Crippen molar-refractivity contribution in [2.75, 3.05) is 19.1 Å². The van der Waals surface area contributed by atoms with Gasteiger partial charge in [0.05, 0.1) is 5.03 Å². The molecule has 2 heterocycles. The molecule has 2 aromatic rings. The van der Waals surface area contributed by atoms with Crippen molar-refractivity contribution < 1.29 is 14.3 Å². The fraction of sp³-hybridized carbons (Fsp3) is 0.176. The smallest absolute Gasteiger partial charge is 0.244 e. The summed E-state index contributed by atoms with van der Waals surface area (Å²) in [5.74, 6) is 2.10. The molecule has 0 fully saturated rings. The van der Waals surface area contributed by atoms with Gasteiger partial charge in [0.1, 0.15) is 0 Å². The van der Waals surface area contributed by atoms with E-state index in [0.29, 0.717) is 12.3 Å². The Bertz CT molecular complexity index is 704. The quantitative estimate of drug-likeness (QED) is 0.502. The molecule has 0 radical (unpaired) electrons. The van der Waals surface area contributed by atoms with E-state index in [1.807, 2.05) is 36.4 Å². The van der Waals surface area contributed by atoms with Crippen molar-refractivity contribution in [1.82, 2.24) is 10.3 Å². The van der Waals surface area contributed by atoms with Gasteiger partial charge in [0.25, 0.3) is 0 Å². The molecule has 3 rings (SSSR count). The number of nitrogens with zero attached hydrogens (tertiary/aromatic N) is 1. The van der Waals surface area contributed by atoms with E-state index in [4.69, 9.17) is 9.47 Å². The summed E-state index contributed by atoms with van der Waals surface area (Å²) < 4.78 is 10.6. The van der Waals surface area contributed by atoms with Crippen LogP contribution in [0.15, 0.2) is 53.7 Å². The van der Waals surface area contributed by atoms with Crippen LogP contribution < -0.4 is 14.8 Å². The van der Waals surface area contributed by atoms with E-state index in [2.05, 4.69) is 10.3 Å². The summed E-state index contributed by atoms with van der Waals surface area (Å²) in [6.45, 7) is 0.836. The SMILES string of the molecule is O=C(/C=C/c1ccc2c(c1)OCO2)NCCSc1ccccn1. The lowest BCUT2D eigenvalue weighted by atomic mass is 10.2. The Balaban J connectivity index is 1.42. The van der Waals surface area contributed by atoms with Crippen molar-refractivity contribution in [3.05, 3.63) is 54.2 Å². The molecule has 0 unspecified atom stereocenters. The first-order valence-electron chi connectivity index (χ1n) is 7.21. The summed E-state index contributed by atoms with van der Waals surface area (Å²) in [6.07, 6.45) is 5.03. The van der Waals surface area contributed by atoms with E-state index in [0.717, 1.165) is 22.1 Å². The van der Waals surface area contributed by atoms with Crippen LogP contribution in [-0.4, -0.2) is 30.0 Å². The predicted octanol–water partition coefficient (Wildman–Crippen LogP) is 2.73. The van der Waals surface area contributed by atoms with Gasteiger partial charge in [0, 0.05) is 24.6 Å². The molecule has 23 heavy (non-hydrogen) atoms. The molecule has 0 aliphatic carbocycles. The zero-order chi connectivity index (χ0) is 15.9. The van der Waals surface area contributed by atoms with Crippen molar-refractivity contribution in [2.24, 2.45) is 0 Å². The number of carbonyl (C=O) groups excluding carboxylic acids is 1. The van der Waals surface area contributed by atoms with E-state index in [1.165, 1.54) is 6.08 Å². The van der Waals surface area contributed by atoms with Gasteiger partial charge in [-0.1, -0.05) is 12.1 Å². The van der Waals surface area contributed by atoms with E-state index in [1.54, 1.807) is 24.0 Å². The molecule has 6 heteroatoms. The van der Waals surface area contributed by atoms with Crippen molar-refractivity contribution in [1.29, 1.82) is 0 Å². The molecule has 0 spiro atoms. The lowest BCUT2D eigenvalue weighted by Gasteiger charge is -2.02. The number of hydrogen-bond acceptors (Lipinski definition) is 5. The second-order valence-electron chi connectivity index (χ2n) is 4.75. The summed E-state index contributed by atoms with van der Waals surface area (Å²) in [4.78, 5) is 16.0. The number of ether oxygens (including phenoxy) is 2. The average molecular weight is 328 g/mol. The number of amides is 1. The van der Waals surface area contributed by atoms with Gasteiger partial charge < -0.3 is 14.8 Å². The highest BCUT2D eigenvalue weighted by Gasteiger charge is 2.12. The van der Waals surface area contributed by atoms with Crippen LogP contribution in [0.4, 0.5) is 0 Å². The zero-order valence-corrected chi connectivity index (χ0v) is 13.2. The first-order chi connectivity index (χ1) is 11.3. The molecule has 0 saturated heterocycles. The number of thioether (sulfide) groups is 1. The molecular formula is C17H16N2O3S. The average Bonchev–Trinajstić information content (AvgIpc) is 3.05. The van der Waals surface area contributed by atoms with Gasteiger partial charge in [-0.3, -0.25) is 4.79 Å². The van der Waals surface area contributed by atoms with E-state index in [9.17, 15) is 4.79 Å². The van der Waals surface area contributed by atoms with E-state index in [-0.39, 0.29) is 12.7 Å². The maximum Gasteiger partial charge on any atom is 0.244 e. The molecule has 5 nitrogen and oxygen atoms in total. The Morgan fingerprint density at radius 1 is 1.26 bits per heavy atom. The summed E-state index contributed by atoms with van der Waals surface area (Å²) in [6, 6.07) is 11.3. The Morgan fingerprint density at radius 2 is 2.17 bits per heavy atom. The monoisotopic (exact) mass is 328 g/mol. The van der Waals surface area contributed by atoms with Crippen LogP contribution in [0, 0.1) is 0 Å². The van der Waals surface area contributed by atoms with Crippen molar-refractivity contribution in [3.8, 4) is 11.5 Å². The number of fused-ring (bicyclic) bond motifs is 1. The third-order valence-corrected chi connectivity index (χ3v) is 4.06.